The largest absolute Gasteiger partial charge is 0.357 e. The van der Waals surface area contributed by atoms with E-state index < -0.39 is 10.0 Å². The number of hydrogen-bond donors (Lipinski definition) is 1. The first-order chi connectivity index (χ1) is 14.4. The number of anilines is 2. The summed E-state index contributed by atoms with van der Waals surface area (Å²) in [4.78, 5) is 19.7. The fraction of sp³-hybridized carbons (Fsp3) is 0.455. The van der Waals surface area contributed by atoms with E-state index in [0.29, 0.717) is 24.3 Å². The number of aryl methyl sites for hydroxylation is 1. The van der Waals surface area contributed by atoms with Crippen molar-refractivity contribution in [3.05, 3.63) is 47.7 Å². The summed E-state index contributed by atoms with van der Waals surface area (Å²) in [7, 11) is -3.59. The molecule has 7 nitrogen and oxygen atoms in total. The number of carbonyl (C=O) groups is 1. The number of pyridine rings is 1. The zero-order valence-electron chi connectivity index (χ0n) is 17.3. The van der Waals surface area contributed by atoms with Gasteiger partial charge in [-0.1, -0.05) is 12.5 Å². The van der Waals surface area contributed by atoms with E-state index >= 15 is 0 Å². The predicted molar refractivity (Wildman–Crippen MR) is 117 cm³/mol. The van der Waals surface area contributed by atoms with E-state index in [1.54, 1.807) is 25.3 Å². The summed E-state index contributed by atoms with van der Waals surface area (Å²) < 4.78 is 27.5. The Hall–Kier alpha value is -2.45. The number of aromatic nitrogens is 1. The van der Waals surface area contributed by atoms with Crippen LogP contribution in [0.4, 0.5) is 11.5 Å². The van der Waals surface area contributed by atoms with Crippen LogP contribution in [-0.4, -0.2) is 49.8 Å². The maximum absolute atomic E-state index is 13.0. The predicted octanol–water partition coefficient (Wildman–Crippen LogP) is 3.42. The van der Waals surface area contributed by atoms with E-state index in [0.717, 1.165) is 43.7 Å². The second kappa shape index (κ2) is 8.73. The number of benzene rings is 1. The first-order valence-corrected chi connectivity index (χ1v) is 12.0. The molecule has 0 spiro atoms. The molecule has 0 radical (unpaired) electrons. The molecule has 0 aliphatic carbocycles. The molecule has 30 heavy (non-hydrogen) atoms. The number of nitrogens with zero attached hydrogens (tertiary/aromatic N) is 3. The zero-order valence-corrected chi connectivity index (χ0v) is 18.1. The van der Waals surface area contributed by atoms with Crippen molar-refractivity contribution >= 4 is 27.4 Å². The minimum atomic E-state index is -3.59. The second-order valence-corrected chi connectivity index (χ2v) is 9.93. The number of carbonyl (C=O) groups excluding carboxylic acids is 1. The Labute approximate surface area is 178 Å². The Kier molecular flexibility index (Phi) is 6.06. The molecule has 8 heteroatoms. The third-order valence-electron chi connectivity index (χ3n) is 5.84. The lowest BCUT2D eigenvalue weighted by atomic mass is 10.1. The molecule has 2 fully saturated rings. The van der Waals surface area contributed by atoms with E-state index in [2.05, 4.69) is 15.2 Å². The highest BCUT2D eigenvalue weighted by Crippen LogP contribution is 2.24. The molecule has 2 saturated heterocycles. The molecule has 0 atom stereocenters. The standard InChI is InChI=1S/C22H28N4O3S/c1-17-7-9-19(30(28,29)26-13-3-2-4-14-26)15-20(17)22(27)24-18-8-10-21(23-16-18)25-11-5-6-12-25/h7-10,15-16H,2-6,11-14H2,1H3,(H,24,27). The monoisotopic (exact) mass is 428 g/mol. The zero-order chi connectivity index (χ0) is 21.1. The molecule has 0 unspecified atom stereocenters. The van der Waals surface area contributed by atoms with Crippen LogP contribution in [0.5, 0.6) is 0 Å². The summed E-state index contributed by atoms with van der Waals surface area (Å²) in [5.74, 6) is 0.579. The molecule has 2 aliphatic rings. The van der Waals surface area contributed by atoms with E-state index in [4.69, 9.17) is 0 Å². The minimum Gasteiger partial charge on any atom is -0.357 e. The quantitative estimate of drug-likeness (QED) is 0.789. The molecular formula is C22H28N4O3S. The molecule has 2 aromatic rings. The molecule has 1 aromatic heterocycles. The Bertz CT molecular complexity index is 1010. The number of nitrogens with one attached hydrogen (secondary N) is 1. The highest BCUT2D eigenvalue weighted by atomic mass is 32.2. The molecule has 3 heterocycles. The number of rotatable bonds is 5. The van der Waals surface area contributed by atoms with Gasteiger partial charge >= 0.3 is 0 Å². The first-order valence-electron chi connectivity index (χ1n) is 10.6. The Morgan fingerprint density at radius 3 is 2.33 bits per heavy atom. The van der Waals surface area contributed by atoms with Gasteiger partial charge in [0.05, 0.1) is 16.8 Å². The molecular weight excluding hydrogens is 400 g/mol. The van der Waals surface area contributed by atoms with Crippen molar-refractivity contribution in [1.82, 2.24) is 9.29 Å². The molecule has 1 aromatic carbocycles. The van der Waals surface area contributed by atoms with E-state index in [1.165, 1.54) is 23.2 Å². The second-order valence-electron chi connectivity index (χ2n) is 7.99. The topological polar surface area (TPSA) is 82.6 Å². The molecule has 1 amide bonds. The highest BCUT2D eigenvalue weighted by Gasteiger charge is 2.27. The van der Waals surface area contributed by atoms with Crippen molar-refractivity contribution in [2.24, 2.45) is 0 Å². The van der Waals surface area contributed by atoms with Gasteiger partial charge in [0.25, 0.3) is 5.91 Å². The smallest absolute Gasteiger partial charge is 0.256 e. The van der Waals surface area contributed by atoms with Crippen LogP contribution in [-0.2, 0) is 10.0 Å². The highest BCUT2D eigenvalue weighted by molar-refractivity contribution is 7.89. The summed E-state index contributed by atoms with van der Waals surface area (Å²) in [6, 6.07) is 8.51. The van der Waals surface area contributed by atoms with Gasteiger partial charge < -0.3 is 10.2 Å². The number of sulfonamides is 1. The Morgan fingerprint density at radius 2 is 1.67 bits per heavy atom. The lowest BCUT2D eigenvalue weighted by molar-refractivity contribution is 0.102. The van der Waals surface area contributed by atoms with Gasteiger partial charge in [0.15, 0.2) is 0 Å². The maximum atomic E-state index is 13.0. The number of amides is 1. The van der Waals surface area contributed by atoms with Crippen molar-refractivity contribution < 1.29 is 13.2 Å². The van der Waals surface area contributed by atoms with Crippen LogP contribution in [0.15, 0.2) is 41.4 Å². The van der Waals surface area contributed by atoms with E-state index in [-0.39, 0.29) is 10.8 Å². The molecule has 160 valence electrons. The van der Waals surface area contributed by atoms with Gasteiger partial charge in [-0.25, -0.2) is 13.4 Å². The van der Waals surface area contributed by atoms with Crippen LogP contribution in [0.3, 0.4) is 0 Å². The number of hydrogen-bond acceptors (Lipinski definition) is 5. The fourth-order valence-corrected chi connectivity index (χ4v) is 5.60. The lowest BCUT2D eigenvalue weighted by Crippen LogP contribution is -2.35. The van der Waals surface area contributed by atoms with E-state index in [9.17, 15) is 13.2 Å². The van der Waals surface area contributed by atoms with Gasteiger partial charge in [0.2, 0.25) is 10.0 Å². The molecule has 2 aliphatic heterocycles. The molecule has 1 N–H and O–H groups in total. The van der Waals surface area contributed by atoms with Gasteiger partial charge in [-0.15, -0.1) is 0 Å². The SMILES string of the molecule is Cc1ccc(S(=O)(=O)N2CCCCC2)cc1C(=O)Nc1ccc(N2CCCC2)nc1. The summed E-state index contributed by atoms with van der Waals surface area (Å²) in [5.41, 5.74) is 1.68. The van der Waals surface area contributed by atoms with Gasteiger partial charge in [-0.3, -0.25) is 4.79 Å². The Balaban J connectivity index is 1.51. The van der Waals surface area contributed by atoms with Gasteiger partial charge in [-0.05, 0) is 62.4 Å². The van der Waals surface area contributed by atoms with Gasteiger partial charge in [0.1, 0.15) is 5.82 Å². The maximum Gasteiger partial charge on any atom is 0.256 e. The summed E-state index contributed by atoms with van der Waals surface area (Å²) in [6.07, 6.45) is 6.80. The molecule has 0 bridgehead atoms. The summed E-state index contributed by atoms with van der Waals surface area (Å²) >= 11 is 0. The summed E-state index contributed by atoms with van der Waals surface area (Å²) in [5, 5.41) is 2.85. The van der Waals surface area contributed by atoms with Crippen molar-refractivity contribution in [1.29, 1.82) is 0 Å². The van der Waals surface area contributed by atoms with Crippen LogP contribution in [0.1, 0.15) is 48.0 Å². The van der Waals surface area contributed by atoms with Crippen LogP contribution in [0, 0.1) is 6.92 Å². The Morgan fingerprint density at radius 1 is 0.967 bits per heavy atom. The van der Waals surface area contributed by atoms with E-state index in [1.807, 2.05) is 12.1 Å². The van der Waals surface area contributed by atoms with Gasteiger partial charge in [0, 0.05) is 31.7 Å². The van der Waals surface area contributed by atoms with Crippen molar-refractivity contribution in [3.8, 4) is 0 Å². The van der Waals surface area contributed by atoms with Crippen LogP contribution in [0.25, 0.3) is 0 Å². The van der Waals surface area contributed by atoms with Crippen molar-refractivity contribution in [3.63, 3.8) is 0 Å². The lowest BCUT2D eigenvalue weighted by Gasteiger charge is -2.26. The van der Waals surface area contributed by atoms with Crippen molar-refractivity contribution in [2.45, 2.75) is 43.9 Å². The average Bonchev–Trinajstić information content (AvgIpc) is 3.30. The normalized spacial score (nSPS) is 17.8. The minimum absolute atomic E-state index is 0.169. The third-order valence-corrected chi connectivity index (χ3v) is 7.74. The van der Waals surface area contributed by atoms with Crippen LogP contribution >= 0.6 is 0 Å². The van der Waals surface area contributed by atoms with Crippen LogP contribution < -0.4 is 10.2 Å². The fourth-order valence-electron chi connectivity index (χ4n) is 4.05. The molecule has 0 saturated carbocycles. The summed E-state index contributed by atoms with van der Waals surface area (Å²) in [6.45, 7) is 4.90. The molecule has 4 rings (SSSR count). The average molecular weight is 429 g/mol. The van der Waals surface area contributed by atoms with Crippen LogP contribution in [0.2, 0.25) is 0 Å². The number of piperidine rings is 1. The van der Waals surface area contributed by atoms with Crippen molar-refractivity contribution in [2.75, 3.05) is 36.4 Å². The third kappa shape index (κ3) is 4.34. The first kappa shape index (κ1) is 20.8. The van der Waals surface area contributed by atoms with Gasteiger partial charge in [-0.2, -0.15) is 4.31 Å².